The number of hydrogen-bond donors (Lipinski definition) is 1. The molecule has 0 radical (unpaired) electrons. The third-order valence-corrected chi connectivity index (χ3v) is 1.17. The van der Waals surface area contributed by atoms with Crippen LogP contribution >= 0.6 is 34.8 Å². The Morgan fingerprint density at radius 2 is 1.50 bits per heavy atom. The molecule has 1 atom stereocenters. The Balaban J connectivity index is 4.23. The van der Waals surface area contributed by atoms with Crippen molar-refractivity contribution in [2.75, 3.05) is 0 Å². The summed E-state index contributed by atoms with van der Waals surface area (Å²) in [6.45, 7) is 0. The van der Waals surface area contributed by atoms with Crippen molar-refractivity contribution < 1.29 is 18.3 Å². The van der Waals surface area contributed by atoms with Gasteiger partial charge in [0.2, 0.25) is 9.96 Å². The summed E-state index contributed by atoms with van der Waals surface area (Å²) in [4.78, 5) is 0. The van der Waals surface area contributed by atoms with Gasteiger partial charge >= 0.3 is 6.11 Å². The van der Waals surface area contributed by atoms with Gasteiger partial charge in [-0.1, -0.05) is 34.8 Å². The smallest absolute Gasteiger partial charge is 0.334 e. The number of rotatable bonds is 1. The highest BCUT2D eigenvalue weighted by Gasteiger charge is 2.50. The Hall–Kier alpha value is 0.620. The minimum atomic E-state index is -4.62. The molecule has 0 saturated carbocycles. The van der Waals surface area contributed by atoms with Crippen molar-refractivity contribution in [3.63, 3.8) is 0 Å². The van der Waals surface area contributed by atoms with E-state index < -0.39 is 16.1 Å². The second kappa shape index (κ2) is 2.93. The highest BCUT2D eigenvalue weighted by molar-refractivity contribution is 6.68. The summed E-state index contributed by atoms with van der Waals surface area (Å²) in [6, 6.07) is 0. The van der Waals surface area contributed by atoms with Gasteiger partial charge in [0.15, 0.2) is 0 Å². The van der Waals surface area contributed by atoms with Gasteiger partial charge in [0.1, 0.15) is 0 Å². The zero-order valence-electron chi connectivity index (χ0n) is 4.29. The van der Waals surface area contributed by atoms with E-state index in [2.05, 4.69) is 34.8 Å². The molecule has 0 aromatic carbocycles. The molecular weight excluding hydrogens is 215 g/mol. The predicted molar refractivity (Wildman–Crippen MR) is 32.4 cm³/mol. The van der Waals surface area contributed by atoms with E-state index >= 15 is 0 Å². The van der Waals surface area contributed by atoms with Gasteiger partial charge in [-0.3, -0.25) is 0 Å². The normalized spacial score (nSPS) is 17.1. The van der Waals surface area contributed by atoms with Crippen LogP contribution in [0.2, 0.25) is 0 Å². The molecule has 10 heavy (non-hydrogen) atoms. The summed E-state index contributed by atoms with van der Waals surface area (Å²) in [5.74, 6) is 0. The first-order chi connectivity index (χ1) is 4.15. The van der Waals surface area contributed by atoms with Gasteiger partial charge in [-0.2, -0.15) is 8.78 Å². The average Bonchev–Trinajstić information content (AvgIpc) is 1.59. The molecule has 0 aliphatic carbocycles. The van der Waals surface area contributed by atoms with Crippen LogP contribution in [0.1, 0.15) is 0 Å². The van der Waals surface area contributed by atoms with Gasteiger partial charge in [0.05, 0.1) is 0 Å². The van der Waals surface area contributed by atoms with Crippen LogP contribution in [0.3, 0.4) is 0 Å². The Kier molecular flexibility index (Phi) is 3.11. The second-order valence-corrected chi connectivity index (χ2v) is 3.86. The summed E-state index contributed by atoms with van der Waals surface area (Å²) >= 11 is 14.1. The molecule has 1 nitrogen and oxygen atoms in total. The van der Waals surface area contributed by atoms with Gasteiger partial charge in [0, 0.05) is 0 Å². The van der Waals surface area contributed by atoms with Crippen LogP contribution in [0.15, 0.2) is 0 Å². The highest BCUT2D eigenvalue weighted by atomic mass is 35.6. The highest BCUT2D eigenvalue weighted by Crippen LogP contribution is 2.39. The molecule has 0 spiro atoms. The van der Waals surface area contributed by atoms with Crippen LogP contribution in [0.5, 0.6) is 0 Å². The van der Waals surface area contributed by atoms with Crippen LogP contribution in [-0.4, -0.2) is 21.2 Å². The van der Waals surface area contributed by atoms with Crippen molar-refractivity contribution in [3.05, 3.63) is 0 Å². The lowest BCUT2D eigenvalue weighted by Gasteiger charge is -2.20. The molecule has 0 heterocycles. The summed E-state index contributed by atoms with van der Waals surface area (Å²) in [5, 5.41) is 7.66. The molecule has 0 bridgehead atoms. The first-order valence-electron chi connectivity index (χ1n) is 1.96. The molecule has 7 heteroatoms. The zero-order chi connectivity index (χ0) is 8.58. The molecule has 0 aromatic rings. The third-order valence-electron chi connectivity index (χ3n) is 0.592. The van der Waals surface area contributed by atoms with Crippen LogP contribution in [0, 0.1) is 0 Å². The van der Waals surface area contributed by atoms with E-state index in [-0.39, 0.29) is 0 Å². The lowest BCUT2D eigenvalue weighted by molar-refractivity contribution is -0.239. The Morgan fingerprint density at radius 3 is 1.50 bits per heavy atom. The van der Waals surface area contributed by atoms with E-state index in [1.54, 1.807) is 0 Å². The maximum atomic E-state index is 12.0. The monoisotopic (exact) mass is 216 g/mol. The molecule has 0 saturated heterocycles. The Bertz CT molecular complexity index is 103. The van der Waals surface area contributed by atoms with E-state index in [1.165, 1.54) is 0 Å². The topological polar surface area (TPSA) is 20.2 Å². The van der Waals surface area contributed by atoms with Gasteiger partial charge in [0.25, 0.3) is 0 Å². The standard InChI is InChI=1S/C3H2Cl3F3O/c4-2(5,6)1(7)3(8,9)10/h1,10H. The molecule has 1 unspecified atom stereocenters. The molecule has 0 fully saturated rings. The minimum Gasteiger partial charge on any atom is -0.334 e. The van der Waals surface area contributed by atoms with Crippen LogP contribution in [-0.2, 0) is 0 Å². The number of hydrogen-bond acceptors (Lipinski definition) is 1. The average molecular weight is 217 g/mol. The van der Waals surface area contributed by atoms with Crippen molar-refractivity contribution in [2.45, 2.75) is 16.1 Å². The first-order valence-corrected chi connectivity index (χ1v) is 3.10. The number of halogens is 6. The molecular formula is C3H2Cl3F3O. The third kappa shape index (κ3) is 3.14. The Morgan fingerprint density at radius 1 is 1.20 bits per heavy atom. The van der Waals surface area contributed by atoms with E-state index in [0.29, 0.717) is 0 Å². The SMILES string of the molecule is OC(F)(F)C(F)C(Cl)(Cl)Cl. The quantitative estimate of drug-likeness (QED) is 0.668. The first kappa shape index (κ1) is 10.6. The minimum absolute atomic E-state index is 2.81. The predicted octanol–water partition coefficient (Wildman–Crippen LogP) is 2.28. The van der Waals surface area contributed by atoms with Gasteiger partial charge < -0.3 is 5.11 Å². The number of alkyl halides is 6. The summed E-state index contributed by atoms with van der Waals surface area (Å²) in [7, 11) is 0. The van der Waals surface area contributed by atoms with Gasteiger partial charge in [-0.15, -0.1) is 0 Å². The van der Waals surface area contributed by atoms with E-state index in [9.17, 15) is 13.2 Å². The van der Waals surface area contributed by atoms with E-state index in [1.807, 2.05) is 0 Å². The fourth-order valence-corrected chi connectivity index (χ4v) is 0.591. The molecule has 1 N–H and O–H groups in total. The maximum Gasteiger partial charge on any atom is 0.388 e. The van der Waals surface area contributed by atoms with Crippen LogP contribution < -0.4 is 0 Å². The van der Waals surface area contributed by atoms with Crippen molar-refractivity contribution >= 4 is 34.8 Å². The second-order valence-electron chi connectivity index (χ2n) is 1.49. The largest absolute Gasteiger partial charge is 0.388 e. The van der Waals surface area contributed by atoms with E-state index in [4.69, 9.17) is 5.11 Å². The molecule has 0 aliphatic rings. The molecule has 62 valence electrons. The van der Waals surface area contributed by atoms with E-state index in [0.717, 1.165) is 0 Å². The maximum absolute atomic E-state index is 12.0. The van der Waals surface area contributed by atoms with Gasteiger partial charge in [-0.05, 0) is 0 Å². The van der Waals surface area contributed by atoms with Crippen molar-refractivity contribution in [1.82, 2.24) is 0 Å². The molecule has 0 aliphatic heterocycles. The fraction of sp³-hybridized carbons (Fsp3) is 1.00. The zero-order valence-corrected chi connectivity index (χ0v) is 6.56. The van der Waals surface area contributed by atoms with Crippen LogP contribution in [0.25, 0.3) is 0 Å². The Labute approximate surface area is 69.7 Å². The summed E-state index contributed by atoms with van der Waals surface area (Å²) in [5.41, 5.74) is 0. The van der Waals surface area contributed by atoms with Crippen LogP contribution in [0.4, 0.5) is 13.2 Å². The fourth-order valence-electron chi connectivity index (χ4n) is 0.197. The van der Waals surface area contributed by atoms with Gasteiger partial charge in [-0.25, -0.2) is 4.39 Å². The lowest BCUT2D eigenvalue weighted by Crippen LogP contribution is -2.39. The lowest BCUT2D eigenvalue weighted by atomic mass is 10.4. The summed E-state index contributed by atoms with van der Waals surface area (Å²) < 4.78 is 32.3. The molecule has 0 amide bonds. The van der Waals surface area contributed by atoms with Crippen molar-refractivity contribution in [2.24, 2.45) is 0 Å². The summed E-state index contributed by atoms with van der Waals surface area (Å²) in [6.07, 6.45) is -7.84. The number of aliphatic hydroxyl groups is 1. The molecule has 0 aromatic heterocycles. The van der Waals surface area contributed by atoms with Crippen molar-refractivity contribution in [1.29, 1.82) is 0 Å². The molecule has 0 rings (SSSR count). The van der Waals surface area contributed by atoms with Crippen molar-refractivity contribution in [3.8, 4) is 0 Å².